The zero-order valence-electron chi connectivity index (χ0n) is 16.1. The van der Waals surface area contributed by atoms with Crippen molar-refractivity contribution in [1.29, 1.82) is 10.5 Å². The van der Waals surface area contributed by atoms with Crippen molar-refractivity contribution in [2.75, 3.05) is 5.32 Å². The van der Waals surface area contributed by atoms with Crippen LogP contribution in [0.1, 0.15) is 30.9 Å². The lowest BCUT2D eigenvalue weighted by molar-refractivity contribution is 0.815. The van der Waals surface area contributed by atoms with Gasteiger partial charge in [-0.05, 0) is 43.2 Å². The second-order valence-electron chi connectivity index (χ2n) is 6.95. The number of fused-ring (bicyclic) bond motifs is 1. The van der Waals surface area contributed by atoms with Gasteiger partial charge in [-0.1, -0.05) is 12.1 Å². The number of aromatic amines is 1. The number of benzene rings is 1. The van der Waals surface area contributed by atoms with Crippen LogP contribution in [0, 0.1) is 22.7 Å². The molecule has 4 rings (SSSR count). The molecule has 0 spiro atoms. The topological polar surface area (TPSA) is 113 Å². The molecule has 2 aromatic heterocycles. The molecular weight excluding hydrogens is 362 g/mol. The third-order valence-corrected chi connectivity index (χ3v) is 5.10. The Bertz CT molecular complexity index is 1180. The molecule has 0 fully saturated rings. The lowest BCUT2D eigenvalue weighted by Gasteiger charge is -2.26. The van der Waals surface area contributed by atoms with Crippen molar-refractivity contribution in [3.63, 3.8) is 0 Å². The van der Waals surface area contributed by atoms with E-state index in [2.05, 4.69) is 38.0 Å². The third kappa shape index (κ3) is 3.30. The van der Waals surface area contributed by atoms with Crippen LogP contribution in [0.15, 0.2) is 65.3 Å². The molecular formula is C22H19N7. The number of rotatable bonds is 4. The maximum absolute atomic E-state index is 9.71. The number of allylic oxidation sites excluding steroid dienone is 4. The second kappa shape index (κ2) is 7.49. The fourth-order valence-electron chi connectivity index (χ4n) is 3.66. The van der Waals surface area contributed by atoms with E-state index in [0.29, 0.717) is 17.7 Å². The van der Waals surface area contributed by atoms with E-state index in [4.69, 9.17) is 0 Å². The van der Waals surface area contributed by atoms with Crippen molar-refractivity contribution in [3.8, 4) is 12.1 Å². The first-order valence-electron chi connectivity index (χ1n) is 9.22. The van der Waals surface area contributed by atoms with E-state index in [9.17, 15) is 10.5 Å². The number of nitrogens with one attached hydrogen (secondary N) is 3. The van der Waals surface area contributed by atoms with Gasteiger partial charge in [-0.15, -0.1) is 0 Å². The van der Waals surface area contributed by atoms with Gasteiger partial charge in [0.2, 0.25) is 0 Å². The number of nitriles is 2. The summed E-state index contributed by atoms with van der Waals surface area (Å²) in [5, 5.41) is 34.2. The second-order valence-corrected chi connectivity index (χ2v) is 6.95. The van der Waals surface area contributed by atoms with Gasteiger partial charge in [-0.25, -0.2) is 0 Å². The standard InChI is InChI=1S/C22H19N7/c1-13-18(9-23)21(19(10-24)14(2)27-13)16-5-6-20-17(8-16)22(29-28-20)26-12-15-4-3-7-25-11-15/h3-8,11,21,27H,12H2,1-2H3,(H2,26,28,29). The van der Waals surface area contributed by atoms with Gasteiger partial charge in [0.15, 0.2) is 5.82 Å². The summed E-state index contributed by atoms with van der Waals surface area (Å²) in [5.41, 5.74) is 5.48. The molecule has 7 nitrogen and oxygen atoms in total. The molecule has 0 unspecified atom stereocenters. The van der Waals surface area contributed by atoms with Gasteiger partial charge in [-0.3, -0.25) is 10.1 Å². The van der Waals surface area contributed by atoms with Crippen molar-refractivity contribution in [1.82, 2.24) is 20.5 Å². The van der Waals surface area contributed by atoms with E-state index in [1.165, 1.54) is 0 Å². The summed E-state index contributed by atoms with van der Waals surface area (Å²) in [6.07, 6.45) is 3.55. The molecule has 0 saturated heterocycles. The monoisotopic (exact) mass is 381 g/mol. The fourth-order valence-corrected chi connectivity index (χ4v) is 3.66. The Hall–Kier alpha value is -4.10. The zero-order valence-corrected chi connectivity index (χ0v) is 16.1. The van der Waals surface area contributed by atoms with E-state index < -0.39 is 5.92 Å². The largest absolute Gasteiger partial charge is 0.364 e. The molecule has 1 aromatic carbocycles. The number of H-pyrrole nitrogens is 1. The van der Waals surface area contributed by atoms with Gasteiger partial charge in [0.25, 0.3) is 0 Å². The van der Waals surface area contributed by atoms with Crippen molar-refractivity contribution >= 4 is 16.7 Å². The normalized spacial score (nSPS) is 14.5. The molecule has 1 aliphatic rings. The summed E-state index contributed by atoms with van der Waals surface area (Å²) in [6.45, 7) is 4.32. The molecule has 0 saturated carbocycles. The van der Waals surface area contributed by atoms with Gasteiger partial charge < -0.3 is 10.6 Å². The lowest BCUT2D eigenvalue weighted by Crippen LogP contribution is -2.23. The highest BCUT2D eigenvalue weighted by molar-refractivity contribution is 5.90. The number of anilines is 1. The highest BCUT2D eigenvalue weighted by atomic mass is 15.2. The van der Waals surface area contributed by atoms with E-state index in [1.54, 1.807) is 6.20 Å². The van der Waals surface area contributed by atoms with Gasteiger partial charge in [-0.2, -0.15) is 15.6 Å². The zero-order chi connectivity index (χ0) is 20.4. The van der Waals surface area contributed by atoms with Crippen LogP contribution in [-0.4, -0.2) is 15.2 Å². The van der Waals surface area contributed by atoms with E-state index in [-0.39, 0.29) is 0 Å². The number of pyridine rings is 1. The molecule has 142 valence electrons. The number of nitrogens with zero attached hydrogens (tertiary/aromatic N) is 4. The van der Waals surface area contributed by atoms with Gasteiger partial charge in [0.05, 0.1) is 34.7 Å². The Morgan fingerprint density at radius 1 is 1.10 bits per heavy atom. The first kappa shape index (κ1) is 18.3. The lowest BCUT2D eigenvalue weighted by atomic mass is 9.81. The van der Waals surface area contributed by atoms with Crippen molar-refractivity contribution in [3.05, 3.63) is 76.4 Å². The maximum atomic E-state index is 9.71. The molecule has 3 N–H and O–H groups in total. The van der Waals surface area contributed by atoms with Crippen molar-refractivity contribution in [2.45, 2.75) is 26.3 Å². The minimum absolute atomic E-state index is 0.392. The molecule has 3 heterocycles. The van der Waals surface area contributed by atoms with Crippen LogP contribution in [0.2, 0.25) is 0 Å². The number of aromatic nitrogens is 3. The predicted molar refractivity (Wildman–Crippen MR) is 110 cm³/mol. The molecule has 0 radical (unpaired) electrons. The minimum Gasteiger partial charge on any atom is -0.364 e. The minimum atomic E-state index is -0.392. The number of hydrogen-bond acceptors (Lipinski definition) is 6. The summed E-state index contributed by atoms with van der Waals surface area (Å²) in [6, 6.07) is 14.3. The summed E-state index contributed by atoms with van der Waals surface area (Å²) in [7, 11) is 0. The van der Waals surface area contributed by atoms with Crippen LogP contribution < -0.4 is 10.6 Å². The van der Waals surface area contributed by atoms with E-state index in [0.717, 1.165) is 39.2 Å². The summed E-state index contributed by atoms with van der Waals surface area (Å²) < 4.78 is 0. The van der Waals surface area contributed by atoms with E-state index >= 15 is 0 Å². The molecule has 0 amide bonds. The van der Waals surface area contributed by atoms with Crippen LogP contribution >= 0.6 is 0 Å². The Morgan fingerprint density at radius 3 is 2.52 bits per heavy atom. The summed E-state index contributed by atoms with van der Waals surface area (Å²) >= 11 is 0. The molecule has 0 atom stereocenters. The third-order valence-electron chi connectivity index (χ3n) is 5.10. The highest BCUT2D eigenvalue weighted by Crippen LogP contribution is 2.38. The molecule has 1 aliphatic heterocycles. The fraction of sp³-hybridized carbons (Fsp3) is 0.182. The maximum Gasteiger partial charge on any atom is 0.156 e. The Morgan fingerprint density at radius 2 is 1.86 bits per heavy atom. The molecule has 7 heteroatoms. The molecule has 0 aliphatic carbocycles. The van der Waals surface area contributed by atoms with Gasteiger partial charge in [0, 0.05) is 35.7 Å². The Kier molecular flexibility index (Phi) is 4.72. The average molecular weight is 381 g/mol. The first-order valence-corrected chi connectivity index (χ1v) is 9.22. The number of dihydropyridines is 1. The molecule has 29 heavy (non-hydrogen) atoms. The number of hydrogen-bond donors (Lipinski definition) is 3. The quantitative estimate of drug-likeness (QED) is 0.632. The summed E-state index contributed by atoms with van der Waals surface area (Å²) in [4.78, 5) is 4.13. The predicted octanol–water partition coefficient (Wildman–Crippen LogP) is 3.85. The van der Waals surface area contributed by atoms with Crippen LogP contribution in [0.3, 0.4) is 0 Å². The van der Waals surface area contributed by atoms with Crippen molar-refractivity contribution < 1.29 is 0 Å². The molecule has 0 bridgehead atoms. The van der Waals surface area contributed by atoms with Crippen LogP contribution in [0.25, 0.3) is 10.9 Å². The van der Waals surface area contributed by atoms with E-state index in [1.807, 2.05) is 50.4 Å². The first-order chi connectivity index (χ1) is 14.1. The van der Waals surface area contributed by atoms with Crippen LogP contribution in [0.5, 0.6) is 0 Å². The Labute approximate surface area is 168 Å². The molecule has 3 aromatic rings. The van der Waals surface area contributed by atoms with Gasteiger partial charge >= 0.3 is 0 Å². The summed E-state index contributed by atoms with van der Waals surface area (Å²) in [5.74, 6) is 0.328. The van der Waals surface area contributed by atoms with Crippen LogP contribution in [0.4, 0.5) is 5.82 Å². The van der Waals surface area contributed by atoms with Crippen molar-refractivity contribution in [2.24, 2.45) is 0 Å². The van der Waals surface area contributed by atoms with Crippen LogP contribution in [-0.2, 0) is 6.54 Å². The highest BCUT2D eigenvalue weighted by Gasteiger charge is 2.29. The van der Waals surface area contributed by atoms with Gasteiger partial charge in [0.1, 0.15) is 0 Å². The Balaban J connectivity index is 1.74. The smallest absolute Gasteiger partial charge is 0.156 e. The average Bonchev–Trinajstić information content (AvgIpc) is 3.14. The SMILES string of the molecule is CC1=C(C#N)C(c2ccc3[nH]nc(NCc4cccnc4)c3c2)C(C#N)=C(C)N1.